The molecule has 0 radical (unpaired) electrons. The third-order valence-corrected chi connectivity index (χ3v) is 5.87. The number of nitrogens with zero attached hydrogens (tertiary/aromatic N) is 4. The number of carbonyl (C=O) groups is 1. The minimum absolute atomic E-state index is 0.0174. The number of nitrogens with one attached hydrogen (secondary N) is 1. The number of methoxy groups -OCH3 is 1. The average Bonchev–Trinajstić information content (AvgIpc) is 3.45. The molecule has 160 valence electrons. The van der Waals surface area contributed by atoms with Crippen molar-refractivity contribution in [1.82, 2.24) is 24.9 Å². The van der Waals surface area contributed by atoms with Crippen LogP contribution in [0.4, 0.5) is 0 Å². The van der Waals surface area contributed by atoms with Crippen molar-refractivity contribution in [3.8, 4) is 23.0 Å². The summed E-state index contributed by atoms with van der Waals surface area (Å²) in [5.74, 6) is 2.70. The number of aryl methyl sites for hydroxylation is 2. The second-order valence-corrected chi connectivity index (χ2v) is 8.32. The largest absolute Gasteiger partial charge is 0.496 e. The van der Waals surface area contributed by atoms with Crippen LogP contribution in [-0.4, -0.2) is 43.6 Å². The number of benzene rings is 1. The molecule has 10 heteroatoms. The first-order chi connectivity index (χ1) is 14.9. The lowest BCUT2D eigenvalue weighted by molar-refractivity contribution is 0.102. The fourth-order valence-corrected chi connectivity index (χ4v) is 4.21. The topological polar surface area (TPSA) is 98.8 Å². The van der Waals surface area contributed by atoms with Gasteiger partial charge in [-0.1, -0.05) is 28.5 Å². The number of aromatic amines is 1. The molecule has 1 aromatic carbocycles. The van der Waals surface area contributed by atoms with Gasteiger partial charge in [0.15, 0.2) is 17.4 Å². The van der Waals surface area contributed by atoms with Crippen LogP contribution in [0.2, 0.25) is 5.02 Å². The number of halogens is 1. The van der Waals surface area contributed by atoms with Crippen LogP contribution in [0, 0.1) is 20.8 Å². The number of H-pyrrole nitrogens is 1. The molecule has 0 fully saturated rings. The Bertz CT molecular complexity index is 1260. The van der Waals surface area contributed by atoms with E-state index in [0.29, 0.717) is 44.5 Å². The molecule has 0 aliphatic heterocycles. The van der Waals surface area contributed by atoms with Crippen molar-refractivity contribution in [1.29, 1.82) is 0 Å². The summed E-state index contributed by atoms with van der Waals surface area (Å²) >= 11 is 7.36. The lowest BCUT2D eigenvalue weighted by Crippen LogP contribution is -2.06. The van der Waals surface area contributed by atoms with Crippen LogP contribution in [0.15, 0.2) is 40.0 Å². The second kappa shape index (κ2) is 8.60. The monoisotopic (exact) mass is 457 g/mol. The van der Waals surface area contributed by atoms with Gasteiger partial charge in [-0.15, -0.1) is 5.10 Å². The Balaban J connectivity index is 1.50. The Hall–Kier alpha value is -3.04. The highest BCUT2D eigenvalue weighted by Crippen LogP contribution is 2.31. The molecule has 0 bridgehead atoms. The fraction of sp³-hybridized carbons (Fsp3) is 0.238. The molecule has 1 N–H and O–H groups in total. The second-order valence-electron chi connectivity index (χ2n) is 6.94. The normalized spacial score (nSPS) is 11.1. The Kier molecular flexibility index (Phi) is 5.88. The summed E-state index contributed by atoms with van der Waals surface area (Å²) in [5.41, 5.74) is 3.06. The van der Waals surface area contributed by atoms with Gasteiger partial charge in [-0.2, -0.15) is 0 Å². The SMILES string of the molecule is COc1ccc(Cl)cc1-c1nc(SCC(=O)c2cc(C)n(-c3cc(C)on3)c2C)n[nH]1. The number of carbonyl (C=O) groups excluding carboxylic acids is 1. The summed E-state index contributed by atoms with van der Waals surface area (Å²) in [7, 11) is 1.58. The van der Waals surface area contributed by atoms with Gasteiger partial charge in [0.1, 0.15) is 11.5 Å². The molecule has 0 saturated carbocycles. The summed E-state index contributed by atoms with van der Waals surface area (Å²) < 4.78 is 12.4. The van der Waals surface area contributed by atoms with Gasteiger partial charge < -0.3 is 9.26 Å². The number of aromatic nitrogens is 5. The van der Waals surface area contributed by atoms with E-state index in [4.69, 9.17) is 20.9 Å². The van der Waals surface area contributed by atoms with E-state index in [0.717, 1.165) is 11.4 Å². The number of hydrogen-bond acceptors (Lipinski definition) is 7. The zero-order valence-corrected chi connectivity index (χ0v) is 19.0. The van der Waals surface area contributed by atoms with Crippen molar-refractivity contribution in [2.24, 2.45) is 0 Å². The maximum Gasteiger partial charge on any atom is 0.209 e. The molecule has 4 rings (SSSR count). The van der Waals surface area contributed by atoms with Gasteiger partial charge in [0.25, 0.3) is 0 Å². The van der Waals surface area contributed by atoms with Gasteiger partial charge in [-0.25, -0.2) is 4.98 Å². The summed E-state index contributed by atoms with van der Waals surface area (Å²) in [6, 6.07) is 8.96. The molecule has 0 atom stereocenters. The molecule has 0 saturated heterocycles. The average molecular weight is 458 g/mol. The highest BCUT2D eigenvalue weighted by atomic mass is 35.5. The molecule has 0 aliphatic carbocycles. The van der Waals surface area contributed by atoms with E-state index >= 15 is 0 Å². The molecule has 0 aliphatic rings. The van der Waals surface area contributed by atoms with Crippen molar-refractivity contribution in [2.45, 2.75) is 25.9 Å². The highest BCUT2D eigenvalue weighted by Gasteiger charge is 2.19. The number of ether oxygens (including phenoxy) is 1. The molecule has 0 unspecified atom stereocenters. The Morgan fingerprint density at radius 1 is 1.26 bits per heavy atom. The summed E-state index contributed by atoms with van der Waals surface area (Å²) in [6.45, 7) is 5.66. The molecule has 0 spiro atoms. The number of ketones is 1. The number of rotatable bonds is 7. The minimum Gasteiger partial charge on any atom is -0.496 e. The van der Waals surface area contributed by atoms with E-state index in [1.807, 2.05) is 37.5 Å². The lowest BCUT2D eigenvalue weighted by Gasteiger charge is -2.05. The molecule has 31 heavy (non-hydrogen) atoms. The Morgan fingerprint density at radius 2 is 2.06 bits per heavy atom. The van der Waals surface area contributed by atoms with Crippen molar-refractivity contribution in [2.75, 3.05) is 12.9 Å². The lowest BCUT2D eigenvalue weighted by atomic mass is 10.2. The van der Waals surface area contributed by atoms with E-state index in [2.05, 4.69) is 20.3 Å². The highest BCUT2D eigenvalue weighted by molar-refractivity contribution is 7.99. The maximum absolute atomic E-state index is 12.9. The van der Waals surface area contributed by atoms with E-state index in [-0.39, 0.29) is 11.5 Å². The fourth-order valence-electron chi connectivity index (χ4n) is 3.36. The van der Waals surface area contributed by atoms with E-state index in [1.54, 1.807) is 25.3 Å². The van der Waals surface area contributed by atoms with Crippen LogP contribution in [0.3, 0.4) is 0 Å². The van der Waals surface area contributed by atoms with Crippen molar-refractivity contribution < 1.29 is 14.1 Å². The van der Waals surface area contributed by atoms with E-state index < -0.39 is 0 Å². The molecular formula is C21H20ClN5O3S. The predicted molar refractivity (Wildman–Crippen MR) is 118 cm³/mol. The minimum atomic E-state index is -0.0174. The first kappa shape index (κ1) is 21.2. The first-order valence-electron chi connectivity index (χ1n) is 9.42. The summed E-state index contributed by atoms with van der Waals surface area (Å²) in [5, 5.41) is 12.2. The van der Waals surface area contributed by atoms with Gasteiger partial charge in [0.2, 0.25) is 5.16 Å². The third kappa shape index (κ3) is 4.24. The van der Waals surface area contributed by atoms with Gasteiger partial charge in [-0.05, 0) is 45.0 Å². The third-order valence-electron chi connectivity index (χ3n) is 4.79. The van der Waals surface area contributed by atoms with Crippen molar-refractivity contribution in [3.05, 3.63) is 58.1 Å². The van der Waals surface area contributed by atoms with E-state index in [9.17, 15) is 4.79 Å². The molecule has 3 heterocycles. The van der Waals surface area contributed by atoms with Crippen LogP contribution in [0.5, 0.6) is 5.75 Å². The summed E-state index contributed by atoms with van der Waals surface area (Å²) in [4.78, 5) is 17.4. The van der Waals surface area contributed by atoms with E-state index in [1.165, 1.54) is 11.8 Å². The molecule has 0 amide bonds. The number of hydrogen-bond donors (Lipinski definition) is 1. The zero-order chi connectivity index (χ0) is 22.1. The predicted octanol–water partition coefficient (Wildman–Crippen LogP) is 4.81. The summed E-state index contributed by atoms with van der Waals surface area (Å²) in [6.07, 6.45) is 0. The van der Waals surface area contributed by atoms with Crippen LogP contribution in [-0.2, 0) is 0 Å². The zero-order valence-electron chi connectivity index (χ0n) is 17.4. The van der Waals surface area contributed by atoms with Gasteiger partial charge in [0.05, 0.1) is 18.4 Å². The number of thioether (sulfide) groups is 1. The quantitative estimate of drug-likeness (QED) is 0.314. The maximum atomic E-state index is 12.9. The van der Waals surface area contributed by atoms with Gasteiger partial charge >= 0.3 is 0 Å². The smallest absolute Gasteiger partial charge is 0.209 e. The number of Topliss-reactive ketones (excluding diaryl/α,β-unsaturated/α-hetero) is 1. The molecule has 3 aromatic heterocycles. The molecule has 8 nitrogen and oxygen atoms in total. The first-order valence-corrected chi connectivity index (χ1v) is 10.8. The van der Waals surface area contributed by atoms with Gasteiger partial charge in [0, 0.05) is 28.0 Å². The van der Waals surface area contributed by atoms with Gasteiger partial charge in [-0.3, -0.25) is 14.5 Å². The standard InChI is InChI=1S/C21H20ClN5O3S/c1-11-7-15(13(3)27(11)19-8-12(2)30-26-19)17(28)10-31-21-23-20(24-25-21)16-9-14(22)5-6-18(16)29-4/h5-9H,10H2,1-4H3,(H,23,24,25). The van der Waals surface area contributed by atoms with Crippen LogP contribution in [0.1, 0.15) is 27.5 Å². The van der Waals surface area contributed by atoms with Crippen LogP contribution in [0.25, 0.3) is 17.2 Å². The molecule has 4 aromatic rings. The van der Waals surface area contributed by atoms with Crippen LogP contribution >= 0.6 is 23.4 Å². The van der Waals surface area contributed by atoms with Crippen LogP contribution < -0.4 is 4.74 Å². The molecular weight excluding hydrogens is 438 g/mol. The van der Waals surface area contributed by atoms with Crippen molar-refractivity contribution >= 4 is 29.1 Å². The Morgan fingerprint density at radius 3 is 2.77 bits per heavy atom. The Labute approximate surface area is 187 Å². The van der Waals surface area contributed by atoms with Crippen molar-refractivity contribution in [3.63, 3.8) is 0 Å².